The number of hydrogen-bond acceptors (Lipinski definition) is 6. The van der Waals surface area contributed by atoms with E-state index in [9.17, 15) is 26.4 Å². The molecule has 0 saturated carbocycles. The summed E-state index contributed by atoms with van der Waals surface area (Å²) < 4.78 is 62.0. The quantitative estimate of drug-likeness (QED) is 0.509. The second-order valence-electron chi connectivity index (χ2n) is 7.24. The molecule has 0 aromatic heterocycles. The number of nitrogens with zero attached hydrogens (tertiary/aromatic N) is 1. The number of aliphatic carboxylic acids is 1. The van der Waals surface area contributed by atoms with Crippen molar-refractivity contribution in [3.05, 3.63) is 48.0 Å². The summed E-state index contributed by atoms with van der Waals surface area (Å²) in [5, 5.41) is 9.94. The molecular weight excluding hydrogens is 489 g/mol. The maximum Gasteiger partial charge on any atom is 0.490 e. The van der Waals surface area contributed by atoms with Crippen molar-refractivity contribution >= 4 is 33.1 Å². The summed E-state index contributed by atoms with van der Waals surface area (Å²) in [5.41, 5.74) is 2.72. The first kappa shape index (κ1) is 29.8. The molecule has 2 N–H and O–H groups in total. The Hall–Kier alpha value is -3.28. The van der Waals surface area contributed by atoms with Crippen molar-refractivity contribution in [1.82, 2.24) is 0 Å². The van der Waals surface area contributed by atoms with Crippen LogP contribution in [-0.2, 0) is 19.4 Å². The average molecular weight is 519 g/mol. The number of sulfone groups is 1. The molecule has 12 heteroatoms. The van der Waals surface area contributed by atoms with Crippen molar-refractivity contribution in [2.45, 2.75) is 38.3 Å². The maximum atomic E-state index is 12.6. The highest BCUT2D eigenvalue weighted by Gasteiger charge is 2.38. The number of nitrogens with one attached hydrogen (secondary N) is 1. The van der Waals surface area contributed by atoms with Gasteiger partial charge in [-0.3, -0.25) is 4.79 Å². The first-order chi connectivity index (χ1) is 16.3. The molecule has 0 atom stereocenters. The Labute approximate surface area is 202 Å². The van der Waals surface area contributed by atoms with E-state index in [1.807, 2.05) is 25.1 Å². The molecule has 0 heterocycles. The number of carbonyl (C=O) groups excluding carboxylic acids is 1. The van der Waals surface area contributed by atoms with Crippen molar-refractivity contribution < 1.29 is 41.0 Å². The molecule has 2 aromatic rings. The van der Waals surface area contributed by atoms with Crippen molar-refractivity contribution in [2.75, 3.05) is 36.2 Å². The molecule has 194 valence electrons. The number of anilines is 2. The number of halogens is 3. The second kappa shape index (κ2) is 13.0. The fraction of sp³-hybridized carbons (Fsp3) is 0.391. The number of para-hydroxylation sites is 1. The molecule has 2 rings (SSSR count). The van der Waals surface area contributed by atoms with Gasteiger partial charge in [-0.15, -0.1) is 0 Å². The Morgan fingerprint density at radius 3 is 2.14 bits per heavy atom. The third kappa shape index (κ3) is 9.12. The molecule has 0 spiro atoms. The van der Waals surface area contributed by atoms with Crippen molar-refractivity contribution in [3.63, 3.8) is 0 Å². The van der Waals surface area contributed by atoms with Crippen LogP contribution in [0.1, 0.15) is 25.8 Å². The number of hydrogen-bond donors (Lipinski definition) is 2. The van der Waals surface area contributed by atoms with Gasteiger partial charge >= 0.3 is 12.1 Å². The number of ether oxygens (including phenoxy) is 1. The van der Waals surface area contributed by atoms with Gasteiger partial charge in [0.25, 0.3) is 0 Å². The number of methoxy groups -OCH3 is 1. The molecule has 0 aliphatic heterocycles. The predicted octanol–water partition coefficient (Wildman–Crippen LogP) is 4.29. The topological polar surface area (TPSA) is 113 Å². The average Bonchev–Trinajstić information content (AvgIpc) is 2.80. The number of benzene rings is 2. The van der Waals surface area contributed by atoms with Crippen LogP contribution in [0, 0.1) is 6.92 Å². The number of aryl methyl sites for hydroxylation is 1. The predicted molar refractivity (Wildman–Crippen MR) is 127 cm³/mol. The van der Waals surface area contributed by atoms with Gasteiger partial charge < -0.3 is 20.1 Å². The minimum absolute atomic E-state index is 0.102. The number of amides is 1. The summed E-state index contributed by atoms with van der Waals surface area (Å²) in [6, 6.07) is 12.3. The first-order valence-corrected chi connectivity index (χ1v) is 12.2. The molecule has 0 saturated heterocycles. The standard InChI is InChI=1S/C21H28N2O4S.C2HF3O2/c1-5-23(6-2)17-11-12-18(16(3)15-17)22-21(24)13-14-28(25,26)20-10-8-7-9-19(20)27-4;3-2(4,5)1(6)7/h7-12,15H,5-6,13-14H2,1-4H3,(H,22,24);(H,6,7). The number of carbonyl (C=O) groups is 2. The largest absolute Gasteiger partial charge is 0.495 e. The highest BCUT2D eigenvalue weighted by molar-refractivity contribution is 7.91. The zero-order valence-electron chi connectivity index (χ0n) is 19.8. The van der Waals surface area contributed by atoms with Crippen LogP contribution in [0.15, 0.2) is 47.4 Å². The van der Waals surface area contributed by atoms with Crippen molar-refractivity contribution in [2.24, 2.45) is 0 Å². The van der Waals surface area contributed by atoms with Gasteiger partial charge in [0.1, 0.15) is 10.6 Å². The third-order valence-electron chi connectivity index (χ3n) is 4.86. The fourth-order valence-electron chi connectivity index (χ4n) is 3.00. The van der Waals surface area contributed by atoms with Gasteiger partial charge in [0.05, 0.1) is 12.9 Å². The Kier molecular flexibility index (Phi) is 11.0. The highest BCUT2D eigenvalue weighted by atomic mass is 32.2. The minimum atomic E-state index is -5.08. The molecule has 8 nitrogen and oxygen atoms in total. The van der Waals surface area contributed by atoms with Crippen molar-refractivity contribution in [3.8, 4) is 5.75 Å². The number of carboxylic acid groups (broad SMARTS) is 1. The van der Waals surface area contributed by atoms with Crippen molar-refractivity contribution in [1.29, 1.82) is 0 Å². The number of alkyl halides is 3. The monoisotopic (exact) mass is 518 g/mol. The molecule has 1 amide bonds. The summed E-state index contributed by atoms with van der Waals surface area (Å²) in [6.07, 6.45) is -5.21. The van der Waals surface area contributed by atoms with E-state index < -0.39 is 22.0 Å². The molecule has 0 aliphatic carbocycles. The maximum absolute atomic E-state index is 12.6. The first-order valence-electron chi connectivity index (χ1n) is 10.6. The molecule has 0 bridgehead atoms. The van der Waals surface area contributed by atoms with Gasteiger partial charge in [0.15, 0.2) is 9.84 Å². The van der Waals surface area contributed by atoms with Crippen LogP contribution in [0.25, 0.3) is 0 Å². The van der Waals surface area contributed by atoms with Gasteiger partial charge in [-0.05, 0) is 56.7 Å². The van der Waals surface area contributed by atoms with Crippen LogP contribution in [0.4, 0.5) is 24.5 Å². The van der Waals surface area contributed by atoms with E-state index >= 15 is 0 Å². The third-order valence-corrected chi connectivity index (χ3v) is 6.61. The van der Waals surface area contributed by atoms with Gasteiger partial charge in [-0.2, -0.15) is 13.2 Å². The van der Waals surface area contributed by atoms with E-state index in [-0.39, 0.29) is 28.7 Å². The fourth-order valence-corrected chi connectivity index (χ4v) is 4.42. The molecule has 2 aromatic carbocycles. The SMILES string of the molecule is CCN(CC)c1ccc(NC(=O)CCS(=O)(=O)c2ccccc2OC)c(C)c1.O=C(O)C(F)(F)F. The summed E-state index contributed by atoms with van der Waals surface area (Å²) in [5.74, 6) is -3.09. The van der Waals surface area contributed by atoms with Crippen LogP contribution in [0.5, 0.6) is 5.75 Å². The zero-order valence-corrected chi connectivity index (χ0v) is 20.7. The van der Waals surface area contributed by atoms with Gasteiger partial charge in [0.2, 0.25) is 5.91 Å². The Balaban J connectivity index is 0.000000762. The van der Waals surface area contributed by atoms with E-state index in [1.54, 1.807) is 18.2 Å². The Morgan fingerprint density at radius 1 is 1.09 bits per heavy atom. The van der Waals surface area contributed by atoms with Gasteiger partial charge in [-0.25, -0.2) is 13.2 Å². The molecular formula is C23H29F3N2O6S. The normalized spacial score (nSPS) is 11.2. The molecule has 0 aliphatic rings. The lowest BCUT2D eigenvalue weighted by molar-refractivity contribution is -0.192. The van der Waals surface area contributed by atoms with Crippen LogP contribution >= 0.6 is 0 Å². The summed E-state index contributed by atoms with van der Waals surface area (Å²) in [7, 11) is -2.20. The molecule has 35 heavy (non-hydrogen) atoms. The van der Waals surface area contributed by atoms with E-state index in [2.05, 4.69) is 24.1 Å². The lowest BCUT2D eigenvalue weighted by Gasteiger charge is -2.22. The van der Waals surface area contributed by atoms with Crippen LogP contribution in [0.3, 0.4) is 0 Å². The van der Waals surface area contributed by atoms with E-state index in [1.165, 1.54) is 13.2 Å². The molecule has 0 unspecified atom stereocenters. The van der Waals surface area contributed by atoms with Crippen LogP contribution in [-0.4, -0.2) is 57.5 Å². The van der Waals surface area contributed by atoms with Crippen LogP contribution in [0.2, 0.25) is 0 Å². The second-order valence-corrected chi connectivity index (χ2v) is 9.32. The number of rotatable bonds is 9. The Morgan fingerprint density at radius 2 is 1.66 bits per heavy atom. The lowest BCUT2D eigenvalue weighted by atomic mass is 10.1. The lowest BCUT2D eigenvalue weighted by Crippen LogP contribution is -2.22. The summed E-state index contributed by atoms with van der Waals surface area (Å²) in [6.45, 7) is 7.92. The van der Waals surface area contributed by atoms with E-state index in [0.717, 1.165) is 24.3 Å². The van der Waals surface area contributed by atoms with E-state index in [4.69, 9.17) is 14.6 Å². The van der Waals surface area contributed by atoms with Crippen LogP contribution < -0.4 is 15.0 Å². The zero-order chi connectivity index (χ0) is 26.8. The van der Waals surface area contributed by atoms with E-state index in [0.29, 0.717) is 5.69 Å². The minimum Gasteiger partial charge on any atom is -0.495 e. The smallest absolute Gasteiger partial charge is 0.490 e. The van der Waals surface area contributed by atoms with Gasteiger partial charge in [-0.1, -0.05) is 12.1 Å². The highest BCUT2D eigenvalue weighted by Crippen LogP contribution is 2.25. The summed E-state index contributed by atoms with van der Waals surface area (Å²) in [4.78, 5) is 23.5. The number of carboxylic acids is 1. The van der Waals surface area contributed by atoms with Gasteiger partial charge in [0, 0.05) is 30.9 Å². The molecule has 0 radical (unpaired) electrons. The molecule has 0 fully saturated rings. The summed E-state index contributed by atoms with van der Waals surface area (Å²) >= 11 is 0. The Bertz CT molecular complexity index is 1120.